The van der Waals surface area contributed by atoms with E-state index in [-0.39, 0.29) is 0 Å². The molecule has 4 aliphatic carbocycles. The zero-order chi connectivity index (χ0) is 13.3. The second-order valence-electron chi connectivity index (χ2n) is 8.45. The highest BCUT2D eigenvalue weighted by atomic mass is 15.3. The van der Waals surface area contributed by atoms with Crippen molar-refractivity contribution in [3.8, 4) is 0 Å². The molecule has 0 spiro atoms. The Bertz CT molecular complexity index is 502. The highest BCUT2D eigenvalue weighted by Crippen LogP contribution is 2.70. The summed E-state index contributed by atoms with van der Waals surface area (Å²) in [5.41, 5.74) is 7.24. The number of nitrogen functional groups attached to an aromatic ring is 1. The molecule has 0 radical (unpaired) electrons. The molecule has 2 unspecified atom stereocenters. The quantitative estimate of drug-likeness (QED) is 0.859. The van der Waals surface area contributed by atoms with E-state index in [2.05, 4.69) is 29.0 Å². The molecule has 0 aliphatic heterocycles. The van der Waals surface area contributed by atoms with E-state index in [9.17, 15) is 0 Å². The van der Waals surface area contributed by atoms with Crippen LogP contribution in [0.5, 0.6) is 0 Å². The molecule has 5 rings (SSSR count). The van der Waals surface area contributed by atoms with Crippen LogP contribution >= 0.6 is 0 Å². The van der Waals surface area contributed by atoms with E-state index in [1.165, 1.54) is 38.5 Å². The van der Waals surface area contributed by atoms with Crippen molar-refractivity contribution in [2.24, 2.45) is 22.2 Å². The average Bonchev–Trinajstić information content (AvgIpc) is 2.56. The molecule has 0 aromatic carbocycles. The van der Waals surface area contributed by atoms with Crippen molar-refractivity contribution < 1.29 is 0 Å². The normalized spacial score (nSPS) is 47.8. The maximum Gasteiger partial charge on any atom is 0.239 e. The fourth-order valence-corrected chi connectivity index (χ4v) is 6.63. The minimum atomic E-state index is 0.386. The summed E-state index contributed by atoms with van der Waals surface area (Å²) in [6.45, 7) is 5.03. The minimum Gasteiger partial charge on any atom is -0.367 e. The lowest BCUT2D eigenvalue weighted by molar-refractivity contribution is -0.144. The molecule has 1 heterocycles. The van der Waals surface area contributed by atoms with Crippen LogP contribution in [-0.2, 0) is 6.42 Å². The topological polar surface area (TPSA) is 67.6 Å². The molecule has 4 heteroatoms. The van der Waals surface area contributed by atoms with Gasteiger partial charge < -0.3 is 5.73 Å². The standard InChI is InChI=1S/C15H24N4/c1-13-3-10-4-14(2,7-13)9-15(5-10,8-13)6-11-17-12(16)19-18-11/h10H,3-9H2,1-2H3,(H3,16,17,18,19). The van der Waals surface area contributed by atoms with Gasteiger partial charge in [-0.3, -0.25) is 5.10 Å². The lowest BCUT2D eigenvalue weighted by atomic mass is 9.40. The van der Waals surface area contributed by atoms with Crippen LogP contribution in [0, 0.1) is 22.2 Å². The number of anilines is 1. The van der Waals surface area contributed by atoms with Gasteiger partial charge in [0, 0.05) is 6.42 Å². The molecule has 4 aliphatic rings. The Morgan fingerprint density at radius 2 is 1.84 bits per heavy atom. The van der Waals surface area contributed by atoms with E-state index in [1.54, 1.807) is 0 Å². The third-order valence-corrected chi connectivity index (χ3v) is 5.83. The number of rotatable bonds is 2. The van der Waals surface area contributed by atoms with E-state index in [0.29, 0.717) is 22.2 Å². The summed E-state index contributed by atoms with van der Waals surface area (Å²) in [6.07, 6.45) is 9.49. The monoisotopic (exact) mass is 260 g/mol. The highest BCUT2D eigenvalue weighted by molar-refractivity contribution is 5.16. The van der Waals surface area contributed by atoms with Crippen LogP contribution in [-0.4, -0.2) is 15.2 Å². The van der Waals surface area contributed by atoms with Crippen molar-refractivity contribution >= 4 is 5.95 Å². The van der Waals surface area contributed by atoms with Gasteiger partial charge in [0.2, 0.25) is 5.95 Å². The zero-order valence-corrected chi connectivity index (χ0v) is 12.0. The van der Waals surface area contributed by atoms with Crippen molar-refractivity contribution in [2.75, 3.05) is 5.73 Å². The molecule has 4 nitrogen and oxygen atoms in total. The van der Waals surface area contributed by atoms with Crippen molar-refractivity contribution in [2.45, 2.75) is 58.8 Å². The van der Waals surface area contributed by atoms with E-state index in [4.69, 9.17) is 5.73 Å². The molecule has 2 atom stereocenters. The highest BCUT2D eigenvalue weighted by Gasteiger charge is 2.59. The van der Waals surface area contributed by atoms with Gasteiger partial charge in [-0.05, 0) is 60.7 Å². The Balaban J connectivity index is 1.67. The lowest BCUT2D eigenvalue weighted by Gasteiger charge is -2.65. The van der Waals surface area contributed by atoms with Crippen LogP contribution in [0.25, 0.3) is 0 Å². The van der Waals surface area contributed by atoms with Crippen LogP contribution in [0.2, 0.25) is 0 Å². The maximum atomic E-state index is 5.64. The molecule has 104 valence electrons. The van der Waals surface area contributed by atoms with Gasteiger partial charge in [-0.2, -0.15) is 4.98 Å². The Morgan fingerprint density at radius 1 is 1.16 bits per heavy atom. The van der Waals surface area contributed by atoms with Crippen molar-refractivity contribution in [1.82, 2.24) is 15.2 Å². The van der Waals surface area contributed by atoms with Crippen LogP contribution in [0.4, 0.5) is 5.95 Å². The molecule has 3 N–H and O–H groups in total. The summed E-state index contributed by atoms with van der Waals surface area (Å²) in [5, 5.41) is 7.01. The first-order valence-corrected chi connectivity index (χ1v) is 7.55. The number of H-pyrrole nitrogens is 1. The lowest BCUT2D eigenvalue weighted by Crippen LogP contribution is -2.55. The Morgan fingerprint density at radius 3 is 2.37 bits per heavy atom. The molecule has 0 amide bonds. The van der Waals surface area contributed by atoms with Crippen LogP contribution in [0.3, 0.4) is 0 Å². The number of hydrogen-bond acceptors (Lipinski definition) is 3. The van der Waals surface area contributed by atoms with Gasteiger partial charge in [0.05, 0.1) is 0 Å². The first-order chi connectivity index (χ1) is 8.88. The molecule has 4 saturated carbocycles. The van der Waals surface area contributed by atoms with E-state index < -0.39 is 0 Å². The van der Waals surface area contributed by atoms with Gasteiger partial charge in [-0.1, -0.05) is 13.8 Å². The first kappa shape index (κ1) is 11.7. The van der Waals surface area contributed by atoms with Gasteiger partial charge >= 0.3 is 0 Å². The Hall–Kier alpha value is -1.06. The smallest absolute Gasteiger partial charge is 0.239 e. The Labute approximate surface area is 114 Å². The number of nitrogens with one attached hydrogen (secondary N) is 1. The van der Waals surface area contributed by atoms with Crippen molar-refractivity contribution in [1.29, 1.82) is 0 Å². The van der Waals surface area contributed by atoms with E-state index in [0.717, 1.165) is 18.2 Å². The van der Waals surface area contributed by atoms with Gasteiger partial charge in [-0.25, -0.2) is 0 Å². The second kappa shape index (κ2) is 3.33. The van der Waals surface area contributed by atoms with Gasteiger partial charge in [-0.15, -0.1) is 5.10 Å². The fourth-order valence-electron chi connectivity index (χ4n) is 6.63. The van der Waals surface area contributed by atoms with Gasteiger partial charge in [0.15, 0.2) is 0 Å². The van der Waals surface area contributed by atoms with Crippen LogP contribution in [0.1, 0.15) is 58.2 Å². The molecule has 4 bridgehead atoms. The zero-order valence-electron chi connectivity index (χ0n) is 12.0. The molecule has 4 fully saturated rings. The average molecular weight is 260 g/mol. The summed E-state index contributed by atoms with van der Waals surface area (Å²) in [5.74, 6) is 2.32. The summed E-state index contributed by atoms with van der Waals surface area (Å²) in [6, 6.07) is 0. The minimum absolute atomic E-state index is 0.386. The van der Waals surface area contributed by atoms with E-state index >= 15 is 0 Å². The summed E-state index contributed by atoms with van der Waals surface area (Å²) in [4.78, 5) is 4.34. The largest absolute Gasteiger partial charge is 0.367 e. The third kappa shape index (κ3) is 1.79. The number of aromatic nitrogens is 3. The number of aromatic amines is 1. The van der Waals surface area contributed by atoms with Crippen molar-refractivity contribution in [3.63, 3.8) is 0 Å². The molecule has 0 saturated heterocycles. The molecular weight excluding hydrogens is 236 g/mol. The predicted molar refractivity (Wildman–Crippen MR) is 74.3 cm³/mol. The molecule has 1 aromatic heterocycles. The number of nitrogens with zero attached hydrogens (tertiary/aromatic N) is 2. The van der Waals surface area contributed by atoms with Crippen molar-refractivity contribution in [3.05, 3.63) is 5.82 Å². The fraction of sp³-hybridized carbons (Fsp3) is 0.867. The summed E-state index contributed by atoms with van der Waals surface area (Å²) < 4.78 is 0. The van der Waals surface area contributed by atoms with Gasteiger partial charge in [0.25, 0.3) is 0 Å². The molecule has 1 aromatic rings. The molecular formula is C15H24N4. The second-order valence-corrected chi connectivity index (χ2v) is 8.45. The van der Waals surface area contributed by atoms with Crippen LogP contribution in [0.15, 0.2) is 0 Å². The third-order valence-electron chi connectivity index (χ3n) is 5.83. The van der Waals surface area contributed by atoms with E-state index in [1.807, 2.05) is 0 Å². The summed E-state index contributed by atoms with van der Waals surface area (Å²) in [7, 11) is 0. The Kier molecular flexibility index (Phi) is 2.06. The number of hydrogen-bond donors (Lipinski definition) is 2. The molecule has 19 heavy (non-hydrogen) atoms. The first-order valence-electron chi connectivity index (χ1n) is 7.55. The maximum absolute atomic E-state index is 5.64. The number of nitrogens with two attached hydrogens (primary N) is 1. The summed E-state index contributed by atoms with van der Waals surface area (Å²) >= 11 is 0. The SMILES string of the molecule is CC12CC3CC(C)(C1)CC(Cc1nc(N)n[nH]1)(C3)C2. The predicted octanol–water partition coefficient (Wildman–Crippen LogP) is 2.93. The van der Waals surface area contributed by atoms with Crippen LogP contribution < -0.4 is 5.73 Å². The van der Waals surface area contributed by atoms with Gasteiger partial charge in [0.1, 0.15) is 5.82 Å².